The number of hydrogen-bond donors (Lipinski definition) is 1. The Morgan fingerprint density at radius 1 is 1.33 bits per heavy atom. The summed E-state index contributed by atoms with van der Waals surface area (Å²) in [5.74, 6) is 0. The van der Waals surface area contributed by atoms with Gasteiger partial charge in [-0.05, 0) is 30.7 Å². The van der Waals surface area contributed by atoms with Crippen molar-refractivity contribution in [3.8, 4) is 6.07 Å². The zero-order valence-electron chi connectivity index (χ0n) is 10.4. The average Bonchev–Trinajstić information content (AvgIpc) is 2.86. The summed E-state index contributed by atoms with van der Waals surface area (Å²) < 4.78 is 1.97. The fourth-order valence-electron chi connectivity index (χ4n) is 1.88. The molecule has 18 heavy (non-hydrogen) atoms. The van der Waals surface area contributed by atoms with E-state index in [0.717, 1.165) is 25.2 Å². The SMILES string of the molecule is CCn1nccc1CNCc1cccc(C#N)c1. The van der Waals surface area contributed by atoms with Crippen molar-refractivity contribution < 1.29 is 0 Å². The minimum atomic E-state index is 0.702. The summed E-state index contributed by atoms with van der Waals surface area (Å²) in [4.78, 5) is 0. The van der Waals surface area contributed by atoms with Crippen molar-refractivity contribution in [1.82, 2.24) is 15.1 Å². The lowest BCUT2D eigenvalue weighted by Crippen LogP contribution is -2.16. The Morgan fingerprint density at radius 2 is 2.22 bits per heavy atom. The first kappa shape index (κ1) is 12.3. The van der Waals surface area contributed by atoms with Crippen LogP contribution >= 0.6 is 0 Å². The standard InChI is InChI=1S/C14H16N4/c1-2-18-14(6-7-17-18)11-16-10-13-5-3-4-12(8-13)9-15/h3-8,16H,2,10-11H2,1H3. The molecular weight excluding hydrogens is 224 g/mol. The summed E-state index contributed by atoms with van der Waals surface area (Å²) >= 11 is 0. The summed E-state index contributed by atoms with van der Waals surface area (Å²) in [6, 6.07) is 11.8. The van der Waals surface area contributed by atoms with Crippen LogP contribution in [0.4, 0.5) is 0 Å². The van der Waals surface area contributed by atoms with Crippen molar-refractivity contribution in [3.63, 3.8) is 0 Å². The molecule has 0 atom stereocenters. The third-order valence-corrected chi connectivity index (χ3v) is 2.80. The summed E-state index contributed by atoms with van der Waals surface area (Å²) in [7, 11) is 0. The molecular formula is C14H16N4. The molecule has 0 aliphatic rings. The monoisotopic (exact) mass is 240 g/mol. The van der Waals surface area contributed by atoms with Gasteiger partial charge in [-0.15, -0.1) is 0 Å². The molecule has 4 nitrogen and oxygen atoms in total. The molecule has 0 aliphatic heterocycles. The highest BCUT2D eigenvalue weighted by molar-refractivity contribution is 5.32. The van der Waals surface area contributed by atoms with Gasteiger partial charge in [0.15, 0.2) is 0 Å². The molecule has 0 aliphatic carbocycles. The van der Waals surface area contributed by atoms with Crippen LogP contribution in [0.15, 0.2) is 36.5 Å². The molecule has 0 bridgehead atoms. The van der Waals surface area contributed by atoms with Crippen LogP contribution in [0.25, 0.3) is 0 Å². The van der Waals surface area contributed by atoms with Crippen molar-refractivity contribution in [2.75, 3.05) is 0 Å². The van der Waals surface area contributed by atoms with Crippen LogP contribution in [0.1, 0.15) is 23.7 Å². The van der Waals surface area contributed by atoms with Crippen molar-refractivity contribution in [3.05, 3.63) is 53.3 Å². The van der Waals surface area contributed by atoms with E-state index in [-0.39, 0.29) is 0 Å². The van der Waals surface area contributed by atoms with Gasteiger partial charge in [0.1, 0.15) is 0 Å². The topological polar surface area (TPSA) is 53.6 Å². The summed E-state index contributed by atoms with van der Waals surface area (Å²) in [5.41, 5.74) is 3.00. The maximum atomic E-state index is 8.82. The number of rotatable bonds is 5. The number of benzene rings is 1. The molecule has 0 radical (unpaired) electrons. The second-order valence-electron chi connectivity index (χ2n) is 4.05. The lowest BCUT2D eigenvalue weighted by molar-refractivity contribution is 0.581. The summed E-state index contributed by atoms with van der Waals surface area (Å²) in [6.07, 6.45) is 1.82. The molecule has 1 N–H and O–H groups in total. The zero-order valence-corrected chi connectivity index (χ0v) is 10.4. The van der Waals surface area contributed by atoms with E-state index in [2.05, 4.69) is 23.4 Å². The molecule has 0 unspecified atom stereocenters. The summed E-state index contributed by atoms with van der Waals surface area (Å²) in [5, 5.41) is 16.4. The number of aryl methyl sites for hydroxylation is 1. The van der Waals surface area contributed by atoms with Gasteiger partial charge >= 0.3 is 0 Å². The first-order valence-electron chi connectivity index (χ1n) is 6.04. The van der Waals surface area contributed by atoms with Crippen LogP contribution in [0.3, 0.4) is 0 Å². The lowest BCUT2D eigenvalue weighted by Gasteiger charge is -2.07. The first-order valence-corrected chi connectivity index (χ1v) is 6.04. The normalized spacial score (nSPS) is 10.2. The van der Waals surface area contributed by atoms with E-state index < -0.39 is 0 Å². The van der Waals surface area contributed by atoms with Crippen molar-refractivity contribution in [2.24, 2.45) is 0 Å². The Labute approximate surface area is 107 Å². The number of nitrogens with zero attached hydrogens (tertiary/aromatic N) is 3. The number of nitrogens with one attached hydrogen (secondary N) is 1. The molecule has 0 amide bonds. The van der Waals surface area contributed by atoms with E-state index in [0.29, 0.717) is 5.56 Å². The maximum absolute atomic E-state index is 8.82. The Bertz CT molecular complexity index is 551. The Hall–Kier alpha value is -2.12. The Balaban J connectivity index is 1.90. The zero-order chi connectivity index (χ0) is 12.8. The van der Waals surface area contributed by atoms with E-state index >= 15 is 0 Å². The molecule has 1 heterocycles. The van der Waals surface area contributed by atoms with Gasteiger partial charge < -0.3 is 5.32 Å². The van der Waals surface area contributed by atoms with Gasteiger partial charge in [0.25, 0.3) is 0 Å². The van der Waals surface area contributed by atoms with Crippen LogP contribution in [-0.4, -0.2) is 9.78 Å². The maximum Gasteiger partial charge on any atom is 0.0991 e. The van der Waals surface area contributed by atoms with Crippen LogP contribution in [-0.2, 0) is 19.6 Å². The lowest BCUT2D eigenvalue weighted by atomic mass is 10.1. The molecule has 0 saturated carbocycles. The Morgan fingerprint density at radius 3 is 3.00 bits per heavy atom. The minimum absolute atomic E-state index is 0.702. The van der Waals surface area contributed by atoms with Crippen LogP contribution < -0.4 is 5.32 Å². The van der Waals surface area contributed by atoms with Gasteiger partial charge in [-0.2, -0.15) is 10.4 Å². The Kier molecular flexibility index (Phi) is 4.11. The van der Waals surface area contributed by atoms with Crippen LogP contribution in [0, 0.1) is 11.3 Å². The van der Waals surface area contributed by atoms with Crippen molar-refractivity contribution >= 4 is 0 Å². The van der Waals surface area contributed by atoms with Gasteiger partial charge in [-0.3, -0.25) is 4.68 Å². The van der Waals surface area contributed by atoms with Crippen LogP contribution in [0.2, 0.25) is 0 Å². The second-order valence-corrected chi connectivity index (χ2v) is 4.05. The number of hydrogen-bond acceptors (Lipinski definition) is 3. The molecule has 2 rings (SSSR count). The quantitative estimate of drug-likeness (QED) is 0.870. The van der Waals surface area contributed by atoms with E-state index in [1.54, 1.807) is 0 Å². The molecule has 1 aromatic heterocycles. The molecule has 92 valence electrons. The van der Waals surface area contributed by atoms with Gasteiger partial charge in [-0.1, -0.05) is 12.1 Å². The van der Waals surface area contributed by atoms with Gasteiger partial charge in [0.2, 0.25) is 0 Å². The van der Waals surface area contributed by atoms with Crippen LogP contribution in [0.5, 0.6) is 0 Å². The minimum Gasteiger partial charge on any atom is -0.307 e. The van der Waals surface area contributed by atoms with Crippen molar-refractivity contribution in [2.45, 2.75) is 26.6 Å². The van der Waals surface area contributed by atoms with E-state index in [4.69, 9.17) is 5.26 Å². The van der Waals surface area contributed by atoms with Gasteiger partial charge in [0.05, 0.1) is 17.3 Å². The molecule has 0 fully saturated rings. The highest BCUT2D eigenvalue weighted by atomic mass is 15.3. The fraction of sp³-hybridized carbons (Fsp3) is 0.286. The predicted octanol–water partition coefficient (Wildman–Crippen LogP) is 2.06. The highest BCUT2D eigenvalue weighted by Gasteiger charge is 2.00. The average molecular weight is 240 g/mol. The van der Waals surface area contributed by atoms with Crippen molar-refractivity contribution in [1.29, 1.82) is 5.26 Å². The van der Waals surface area contributed by atoms with Gasteiger partial charge in [-0.25, -0.2) is 0 Å². The largest absolute Gasteiger partial charge is 0.307 e. The molecule has 2 aromatic rings. The smallest absolute Gasteiger partial charge is 0.0991 e. The number of nitriles is 1. The first-order chi connectivity index (χ1) is 8.83. The molecule has 1 aromatic carbocycles. The third kappa shape index (κ3) is 2.96. The third-order valence-electron chi connectivity index (χ3n) is 2.80. The van der Waals surface area contributed by atoms with E-state index in [1.165, 1.54) is 5.69 Å². The predicted molar refractivity (Wildman–Crippen MR) is 69.6 cm³/mol. The summed E-state index contributed by atoms with van der Waals surface area (Å²) in [6.45, 7) is 4.50. The highest BCUT2D eigenvalue weighted by Crippen LogP contribution is 2.04. The second kappa shape index (κ2) is 5.99. The van der Waals surface area contributed by atoms with Gasteiger partial charge in [0, 0.05) is 25.8 Å². The molecule has 0 spiro atoms. The van der Waals surface area contributed by atoms with E-state index in [1.807, 2.05) is 41.2 Å². The molecule has 0 saturated heterocycles. The van der Waals surface area contributed by atoms with E-state index in [9.17, 15) is 0 Å². The molecule has 4 heteroatoms. The fourth-order valence-corrected chi connectivity index (χ4v) is 1.88. The number of aromatic nitrogens is 2.